The fourth-order valence-electron chi connectivity index (χ4n) is 1.07. The highest BCUT2D eigenvalue weighted by Crippen LogP contribution is 2.11. The first-order chi connectivity index (χ1) is 12.2. The van der Waals surface area contributed by atoms with E-state index >= 15 is 0 Å². The van der Waals surface area contributed by atoms with Crippen LogP contribution in [0.3, 0.4) is 0 Å². The van der Waals surface area contributed by atoms with Crippen LogP contribution in [-0.2, 0) is 29.0 Å². The fourth-order valence-corrected chi connectivity index (χ4v) is 1.42. The summed E-state index contributed by atoms with van der Waals surface area (Å²) in [5.74, 6) is 0. The number of carbonyl (C=O) groups is 3. The molecule has 28 heavy (non-hydrogen) atoms. The van der Waals surface area contributed by atoms with Crippen molar-refractivity contribution in [1.82, 2.24) is 4.72 Å². The number of hydrogen-bond acceptors (Lipinski definition) is 9. The number of nitrogens with one attached hydrogen (secondary N) is 1. The van der Waals surface area contributed by atoms with Crippen LogP contribution in [-0.4, -0.2) is 43.6 Å². The Hall–Kier alpha value is -2.30. The summed E-state index contributed by atoms with van der Waals surface area (Å²) in [6, 6.07) is 0. The largest absolute Gasteiger partial charge is 0.519 e. The van der Waals surface area contributed by atoms with Crippen LogP contribution in [0.4, 0.5) is 14.4 Å². The molecule has 0 heterocycles. The van der Waals surface area contributed by atoms with E-state index in [1.54, 1.807) is 67.0 Å². The van der Waals surface area contributed by atoms with Gasteiger partial charge in [0, 0.05) is 5.41 Å². The van der Waals surface area contributed by atoms with E-state index in [2.05, 4.69) is 11.3 Å². The van der Waals surface area contributed by atoms with Crippen molar-refractivity contribution in [2.75, 3.05) is 0 Å². The highest BCUT2D eigenvalue weighted by Gasteiger charge is 2.24. The van der Waals surface area contributed by atoms with Gasteiger partial charge < -0.3 is 18.9 Å². The Labute approximate surface area is 166 Å². The first-order valence-corrected chi connectivity index (χ1v) is 9.72. The number of sulfonamides is 1. The van der Waals surface area contributed by atoms with Gasteiger partial charge in [0.2, 0.25) is 0 Å². The molecule has 0 aromatic heterocycles. The lowest BCUT2D eigenvalue weighted by molar-refractivity contribution is -0.0294. The molecule has 0 rings (SSSR count). The quantitative estimate of drug-likeness (QED) is 0.397. The van der Waals surface area contributed by atoms with Crippen molar-refractivity contribution < 1.29 is 41.7 Å². The lowest BCUT2D eigenvalue weighted by Gasteiger charge is -2.20. The normalized spacial score (nSPS) is 11.9. The molecule has 0 fully saturated rings. The number of amides is 1. The van der Waals surface area contributed by atoms with Crippen LogP contribution in [0.15, 0.2) is 12.0 Å². The summed E-state index contributed by atoms with van der Waals surface area (Å²) in [4.78, 5) is 32.9. The summed E-state index contributed by atoms with van der Waals surface area (Å²) in [5, 5.41) is 0.636. The summed E-state index contributed by atoms with van der Waals surface area (Å²) >= 11 is 0. The Balaban J connectivity index is 0. The van der Waals surface area contributed by atoms with Crippen LogP contribution in [0.2, 0.25) is 0 Å². The third-order valence-corrected chi connectivity index (χ3v) is 2.68. The van der Waals surface area contributed by atoms with Crippen LogP contribution in [0, 0.1) is 0 Å². The van der Waals surface area contributed by atoms with E-state index < -0.39 is 45.2 Å². The van der Waals surface area contributed by atoms with Gasteiger partial charge in [-0.2, -0.15) is 0 Å². The van der Waals surface area contributed by atoms with Crippen LogP contribution in [0.25, 0.3) is 0 Å². The summed E-state index contributed by atoms with van der Waals surface area (Å²) in [5.41, 5.74) is -2.11. The number of hydrogen-bond donors (Lipinski definition) is 1. The highest BCUT2D eigenvalue weighted by atomic mass is 32.2. The zero-order valence-corrected chi connectivity index (χ0v) is 18.7. The molecule has 0 saturated carbocycles. The fraction of sp³-hybridized carbons (Fsp3) is 0.706. The number of ether oxygens (including phenoxy) is 4. The molecular weight excluding hydrogens is 394 g/mol. The van der Waals surface area contributed by atoms with Crippen molar-refractivity contribution in [2.24, 2.45) is 0 Å². The van der Waals surface area contributed by atoms with Gasteiger partial charge >= 0.3 is 18.4 Å². The Morgan fingerprint density at radius 3 is 1.32 bits per heavy atom. The van der Waals surface area contributed by atoms with Gasteiger partial charge in [0.05, 0.1) is 0 Å². The number of carbonyl (C=O) groups excluding carboxylic acids is 3. The van der Waals surface area contributed by atoms with Crippen molar-refractivity contribution in [2.45, 2.75) is 79.1 Å². The Morgan fingerprint density at radius 2 is 1.07 bits per heavy atom. The van der Waals surface area contributed by atoms with E-state index in [-0.39, 0.29) is 0 Å². The molecule has 164 valence electrons. The van der Waals surface area contributed by atoms with E-state index in [9.17, 15) is 22.8 Å². The second-order valence-electron chi connectivity index (χ2n) is 8.35. The predicted octanol–water partition coefficient (Wildman–Crippen LogP) is 3.86. The average Bonchev–Trinajstić information content (AvgIpc) is 2.30. The Morgan fingerprint density at radius 1 is 0.750 bits per heavy atom. The van der Waals surface area contributed by atoms with E-state index in [0.717, 1.165) is 0 Å². The zero-order chi connectivity index (χ0) is 23.0. The first kappa shape index (κ1) is 27.9. The van der Waals surface area contributed by atoms with Gasteiger partial charge in [0.15, 0.2) is 0 Å². The molecule has 0 aliphatic carbocycles. The van der Waals surface area contributed by atoms with Crippen molar-refractivity contribution in [3.63, 3.8) is 0 Å². The molecule has 0 atom stereocenters. The maximum absolute atomic E-state index is 11.0. The molecule has 0 spiro atoms. The van der Waals surface area contributed by atoms with Crippen LogP contribution in [0.5, 0.6) is 0 Å². The topological polar surface area (TPSA) is 134 Å². The molecule has 1 N–H and O–H groups in total. The van der Waals surface area contributed by atoms with Gasteiger partial charge in [-0.05, 0) is 62.3 Å². The molecule has 0 aliphatic heterocycles. The maximum Gasteiger partial charge on any atom is 0.519 e. The molecule has 0 aromatic carbocycles. The molecule has 0 aliphatic rings. The van der Waals surface area contributed by atoms with Crippen molar-refractivity contribution in [3.8, 4) is 0 Å². The predicted molar refractivity (Wildman–Crippen MR) is 102 cm³/mol. The van der Waals surface area contributed by atoms with E-state index in [1.165, 1.54) is 0 Å². The standard InChI is InChI=1S/C10H18O5.C7H13NO4S/c1-9(2,3)14-7(11)13-8(12)15-10(4,5)6;1-5-13(10,11)8-6(9)12-7(2,3)4/h1-6H3;5H,1H2,2-4H3,(H,8,9). The minimum atomic E-state index is -3.75. The summed E-state index contributed by atoms with van der Waals surface area (Å²) in [6.45, 7) is 17.9. The van der Waals surface area contributed by atoms with Gasteiger partial charge in [-0.1, -0.05) is 6.58 Å². The van der Waals surface area contributed by atoms with Gasteiger partial charge in [0.1, 0.15) is 16.8 Å². The second kappa shape index (κ2) is 10.3. The summed E-state index contributed by atoms with van der Waals surface area (Å²) < 4.78 is 41.7. The van der Waals surface area contributed by atoms with Crippen LogP contribution < -0.4 is 4.72 Å². The number of rotatable bonds is 2. The second-order valence-corrected chi connectivity index (χ2v) is 9.97. The van der Waals surface area contributed by atoms with E-state index in [0.29, 0.717) is 5.41 Å². The van der Waals surface area contributed by atoms with Crippen LogP contribution >= 0.6 is 0 Å². The smallest absolute Gasteiger partial charge is 0.443 e. The van der Waals surface area contributed by atoms with Gasteiger partial charge in [-0.3, -0.25) is 0 Å². The lowest BCUT2D eigenvalue weighted by Crippen LogP contribution is -2.35. The van der Waals surface area contributed by atoms with Gasteiger partial charge in [-0.15, -0.1) is 0 Å². The third kappa shape index (κ3) is 20.0. The molecule has 0 unspecified atom stereocenters. The molecular formula is C17H31NO9S. The Kier molecular flexibility index (Phi) is 10.3. The van der Waals surface area contributed by atoms with E-state index in [1.807, 2.05) is 0 Å². The molecule has 0 aromatic rings. The minimum absolute atomic E-state index is 0.636. The van der Waals surface area contributed by atoms with Crippen molar-refractivity contribution in [3.05, 3.63) is 12.0 Å². The Bertz CT molecular complexity index is 636. The molecule has 1 amide bonds. The maximum atomic E-state index is 11.0. The summed E-state index contributed by atoms with van der Waals surface area (Å²) in [6.07, 6.45) is -3.12. The van der Waals surface area contributed by atoms with Crippen molar-refractivity contribution in [1.29, 1.82) is 0 Å². The van der Waals surface area contributed by atoms with E-state index in [4.69, 9.17) is 14.2 Å². The lowest BCUT2D eigenvalue weighted by atomic mass is 10.2. The van der Waals surface area contributed by atoms with Crippen LogP contribution in [0.1, 0.15) is 62.3 Å². The van der Waals surface area contributed by atoms with Gasteiger partial charge in [0.25, 0.3) is 10.0 Å². The van der Waals surface area contributed by atoms with Crippen molar-refractivity contribution >= 4 is 28.4 Å². The molecule has 10 nitrogen and oxygen atoms in total. The molecule has 0 saturated heterocycles. The molecule has 11 heteroatoms. The third-order valence-electron chi connectivity index (χ3n) is 1.79. The van der Waals surface area contributed by atoms with Gasteiger partial charge in [-0.25, -0.2) is 27.5 Å². The first-order valence-electron chi connectivity index (χ1n) is 8.18. The monoisotopic (exact) mass is 425 g/mol. The average molecular weight is 426 g/mol. The SMILES string of the molecule is C=CS(=O)(=O)NC(=O)OC(C)(C)C.CC(C)(C)OC(=O)OC(=O)OC(C)(C)C. The highest BCUT2D eigenvalue weighted by molar-refractivity contribution is 7.92. The summed E-state index contributed by atoms with van der Waals surface area (Å²) in [7, 11) is -3.75. The zero-order valence-electron chi connectivity index (χ0n) is 17.9. The molecule has 0 bridgehead atoms. The minimum Gasteiger partial charge on any atom is -0.443 e. The molecule has 0 radical (unpaired) electrons.